The number of hydrogen-bond acceptors (Lipinski definition) is 4. The summed E-state index contributed by atoms with van der Waals surface area (Å²) in [6.07, 6.45) is 1.62. The molecular formula is C12H11N5. The normalized spacial score (nSPS) is 10.6. The number of aromatic amines is 1. The van der Waals surface area contributed by atoms with E-state index in [2.05, 4.69) is 25.3 Å². The van der Waals surface area contributed by atoms with Crippen molar-refractivity contribution in [1.82, 2.24) is 19.9 Å². The van der Waals surface area contributed by atoms with Crippen LogP contribution in [0.4, 0.5) is 5.82 Å². The summed E-state index contributed by atoms with van der Waals surface area (Å²) in [5.74, 6) is 1.42. The van der Waals surface area contributed by atoms with Gasteiger partial charge in [-0.2, -0.15) is 0 Å². The standard InChI is InChI=1S/C12H11N5/c1-13-11-9-12(15-7-14-9)17-10(16-11)8-5-3-2-4-6-8/h2-7H,1H3,(H2,13,14,15,16,17). The largest absolute Gasteiger partial charge is 0.371 e. The molecule has 0 saturated heterocycles. The third kappa shape index (κ3) is 1.61. The average Bonchev–Trinajstić information content (AvgIpc) is 2.86. The number of hydrogen-bond donors (Lipinski definition) is 2. The van der Waals surface area contributed by atoms with Crippen molar-refractivity contribution < 1.29 is 0 Å². The summed E-state index contributed by atoms with van der Waals surface area (Å²) in [5.41, 5.74) is 2.48. The van der Waals surface area contributed by atoms with Crippen LogP contribution in [0.25, 0.3) is 22.6 Å². The Morgan fingerprint density at radius 2 is 1.94 bits per heavy atom. The van der Waals surface area contributed by atoms with Gasteiger partial charge in [0, 0.05) is 12.6 Å². The summed E-state index contributed by atoms with van der Waals surface area (Å²) < 4.78 is 0. The number of rotatable bonds is 2. The Kier molecular flexibility index (Phi) is 2.22. The number of nitrogens with one attached hydrogen (secondary N) is 2. The van der Waals surface area contributed by atoms with Crippen LogP contribution in [-0.4, -0.2) is 27.0 Å². The number of anilines is 1. The minimum atomic E-state index is 0.687. The molecule has 17 heavy (non-hydrogen) atoms. The molecule has 0 amide bonds. The van der Waals surface area contributed by atoms with E-state index >= 15 is 0 Å². The molecule has 84 valence electrons. The van der Waals surface area contributed by atoms with Gasteiger partial charge in [-0.1, -0.05) is 30.3 Å². The van der Waals surface area contributed by atoms with E-state index in [4.69, 9.17) is 0 Å². The molecule has 0 unspecified atom stereocenters. The molecule has 2 aromatic heterocycles. The van der Waals surface area contributed by atoms with Gasteiger partial charge in [-0.25, -0.2) is 15.0 Å². The zero-order valence-corrected chi connectivity index (χ0v) is 9.31. The summed E-state index contributed by atoms with van der Waals surface area (Å²) in [6, 6.07) is 9.87. The van der Waals surface area contributed by atoms with Crippen LogP contribution in [0.3, 0.4) is 0 Å². The molecule has 0 atom stereocenters. The number of aromatic nitrogens is 4. The van der Waals surface area contributed by atoms with Crippen LogP contribution in [0.15, 0.2) is 36.7 Å². The second-order valence-electron chi connectivity index (χ2n) is 3.61. The van der Waals surface area contributed by atoms with Crippen molar-refractivity contribution in [3.05, 3.63) is 36.7 Å². The second-order valence-corrected chi connectivity index (χ2v) is 3.61. The topological polar surface area (TPSA) is 66.5 Å². The first kappa shape index (κ1) is 9.77. The van der Waals surface area contributed by atoms with Crippen molar-refractivity contribution in [2.45, 2.75) is 0 Å². The zero-order chi connectivity index (χ0) is 11.7. The van der Waals surface area contributed by atoms with Crippen LogP contribution in [0.1, 0.15) is 0 Å². The zero-order valence-electron chi connectivity index (χ0n) is 9.31. The van der Waals surface area contributed by atoms with Gasteiger partial charge in [0.25, 0.3) is 0 Å². The molecule has 3 rings (SSSR count). The van der Waals surface area contributed by atoms with Crippen molar-refractivity contribution in [3.8, 4) is 11.4 Å². The van der Waals surface area contributed by atoms with E-state index in [1.807, 2.05) is 37.4 Å². The van der Waals surface area contributed by atoms with E-state index in [1.165, 1.54) is 0 Å². The van der Waals surface area contributed by atoms with Gasteiger partial charge in [0.2, 0.25) is 0 Å². The number of imidazole rings is 1. The Morgan fingerprint density at radius 1 is 1.12 bits per heavy atom. The highest BCUT2D eigenvalue weighted by molar-refractivity contribution is 5.84. The fourth-order valence-corrected chi connectivity index (χ4v) is 1.73. The molecule has 0 spiro atoms. The molecule has 0 bridgehead atoms. The van der Waals surface area contributed by atoms with Gasteiger partial charge >= 0.3 is 0 Å². The van der Waals surface area contributed by atoms with E-state index in [9.17, 15) is 0 Å². The van der Waals surface area contributed by atoms with Crippen molar-refractivity contribution in [2.75, 3.05) is 12.4 Å². The molecule has 5 heteroatoms. The molecule has 1 aromatic carbocycles. The van der Waals surface area contributed by atoms with Crippen molar-refractivity contribution in [3.63, 3.8) is 0 Å². The molecule has 5 nitrogen and oxygen atoms in total. The SMILES string of the molecule is CNc1nc(-c2ccccc2)nc2[nH]cnc12. The number of benzene rings is 1. The third-order valence-electron chi connectivity index (χ3n) is 2.55. The lowest BCUT2D eigenvalue weighted by Crippen LogP contribution is -1.98. The Labute approximate surface area is 98.0 Å². The minimum absolute atomic E-state index is 0.687. The van der Waals surface area contributed by atoms with Crippen LogP contribution in [0, 0.1) is 0 Å². The van der Waals surface area contributed by atoms with E-state index in [1.54, 1.807) is 6.33 Å². The average molecular weight is 225 g/mol. The van der Waals surface area contributed by atoms with Crippen LogP contribution in [-0.2, 0) is 0 Å². The van der Waals surface area contributed by atoms with Gasteiger partial charge in [0.1, 0.15) is 5.52 Å². The Balaban J connectivity index is 2.24. The Morgan fingerprint density at radius 3 is 2.71 bits per heavy atom. The fourth-order valence-electron chi connectivity index (χ4n) is 1.73. The van der Waals surface area contributed by atoms with E-state index < -0.39 is 0 Å². The second kappa shape index (κ2) is 3.86. The first-order chi connectivity index (χ1) is 8.38. The predicted molar refractivity (Wildman–Crippen MR) is 66.7 cm³/mol. The number of nitrogens with zero attached hydrogens (tertiary/aromatic N) is 3. The number of H-pyrrole nitrogens is 1. The predicted octanol–water partition coefficient (Wildman–Crippen LogP) is 2.06. The van der Waals surface area contributed by atoms with Crippen molar-refractivity contribution >= 4 is 17.0 Å². The van der Waals surface area contributed by atoms with Gasteiger partial charge in [-0.3, -0.25) is 0 Å². The fraction of sp³-hybridized carbons (Fsp3) is 0.0833. The van der Waals surface area contributed by atoms with E-state index in [0.29, 0.717) is 5.82 Å². The van der Waals surface area contributed by atoms with E-state index in [-0.39, 0.29) is 0 Å². The van der Waals surface area contributed by atoms with Crippen molar-refractivity contribution in [1.29, 1.82) is 0 Å². The molecule has 2 N–H and O–H groups in total. The third-order valence-corrected chi connectivity index (χ3v) is 2.55. The monoisotopic (exact) mass is 225 g/mol. The highest BCUT2D eigenvalue weighted by Gasteiger charge is 2.09. The van der Waals surface area contributed by atoms with Crippen LogP contribution >= 0.6 is 0 Å². The summed E-state index contributed by atoms with van der Waals surface area (Å²) in [7, 11) is 1.82. The highest BCUT2D eigenvalue weighted by atomic mass is 15.1. The highest BCUT2D eigenvalue weighted by Crippen LogP contribution is 2.21. The molecule has 3 aromatic rings. The molecule has 0 fully saturated rings. The Hall–Kier alpha value is -2.43. The van der Waals surface area contributed by atoms with Gasteiger partial charge in [-0.15, -0.1) is 0 Å². The molecule has 2 heterocycles. The summed E-state index contributed by atoms with van der Waals surface area (Å²) >= 11 is 0. The minimum Gasteiger partial charge on any atom is -0.371 e. The smallest absolute Gasteiger partial charge is 0.164 e. The van der Waals surface area contributed by atoms with Gasteiger partial charge < -0.3 is 10.3 Å². The van der Waals surface area contributed by atoms with Crippen molar-refractivity contribution in [2.24, 2.45) is 0 Å². The maximum atomic E-state index is 4.46. The van der Waals surface area contributed by atoms with Crippen LogP contribution < -0.4 is 5.32 Å². The Bertz CT molecular complexity index is 644. The maximum Gasteiger partial charge on any atom is 0.164 e. The lowest BCUT2D eigenvalue weighted by atomic mass is 10.2. The van der Waals surface area contributed by atoms with E-state index in [0.717, 1.165) is 22.5 Å². The lowest BCUT2D eigenvalue weighted by Gasteiger charge is -2.04. The molecule has 0 aliphatic rings. The van der Waals surface area contributed by atoms with Gasteiger partial charge in [0.15, 0.2) is 17.3 Å². The van der Waals surface area contributed by atoms with Gasteiger partial charge in [0.05, 0.1) is 6.33 Å². The van der Waals surface area contributed by atoms with Gasteiger partial charge in [-0.05, 0) is 0 Å². The molecular weight excluding hydrogens is 214 g/mol. The summed E-state index contributed by atoms with van der Waals surface area (Å²) in [4.78, 5) is 16.1. The number of fused-ring (bicyclic) bond motifs is 1. The molecule has 0 radical (unpaired) electrons. The van der Waals surface area contributed by atoms with Crippen LogP contribution in [0.2, 0.25) is 0 Å². The lowest BCUT2D eigenvalue weighted by molar-refractivity contribution is 1.20. The summed E-state index contributed by atoms with van der Waals surface area (Å²) in [5, 5.41) is 3.03. The maximum absolute atomic E-state index is 4.46. The first-order valence-electron chi connectivity index (χ1n) is 5.33. The summed E-state index contributed by atoms with van der Waals surface area (Å²) in [6.45, 7) is 0. The quantitative estimate of drug-likeness (QED) is 0.700. The molecule has 0 saturated carbocycles. The van der Waals surface area contributed by atoms with Crippen LogP contribution in [0.5, 0.6) is 0 Å². The molecule has 0 aliphatic heterocycles. The molecule has 0 aliphatic carbocycles. The first-order valence-corrected chi connectivity index (χ1v) is 5.33.